The highest BCUT2D eigenvalue weighted by atomic mass is 16.6. The number of amides is 1. The Bertz CT molecular complexity index is 280. The molecule has 0 spiro atoms. The zero-order chi connectivity index (χ0) is 13.3. The van der Waals surface area contributed by atoms with Crippen molar-refractivity contribution < 1.29 is 14.6 Å². The van der Waals surface area contributed by atoms with Crippen molar-refractivity contribution in [3.8, 4) is 0 Å². The summed E-state index contributed by atoms with van der Waals surface area (Å²) in [5.74, 6) is 5.28. The van der Waals surface area contributed by atoms with Gasteiger partial charge in [-0.3, -0.25) is 5.84 Å². The van der Waals surface area contributed by atoms with Crippen molar-refractivity contribution in [2.24, 2.45) is 11.8 Å². The smallest absolute Gasteiger partial charge is 0.407 e. The van der Waals surface area contributed by atoms with E-state index < -0.39 is 17.4 Å². The Balaban J connectivity index is 2.28. The summed E-state index contributed by atoms with van der Waals surface area (Å²) in [6.45, 7) is 7.08. The summed E-state index contributed by atoms with van der Waals surface area (Å²) in [6.07, 6.45) is 0.966. The fourth-order valence-corrected chi connectivity index (χ4v) is 1.79. The number of aliphatic hydroxyl groups is 1. The number of alkyl carbamates (subject to hydrolysis) is 1. The van der Waals surface area contributed by atoms with Crippen LogP contribution in [0.15, 0.2) is 0 Å². The maximum absolute atomic E-state index is 11.5. The summed E-state index contributed by atoms with van der Waals surface area (Å²) in [5, 5.41) is 12.6. The maximum atomic E-state index is 11.5. The van der Waals surface area contributed by atoms with E-state index in [1.165, 1.54) is 0 Å². The van der Waals surface area contributed by atoms with Gasteiger partial charge in [-0.1, -0.05) is 0 Å². The van der Waals surface area contributed by atoms with E-state index in [4.69, 9.17) is 10.6 Å². The van der Waals surface area contributed by atoms with Crippen LogP contribution in [0.5, 0.6) is 0 Å². The molecule has 0 saturated heterocycles. The van der Waals surface area contributed by atoms with Crippen LogP contribution in [0.25, 0.3) is 0 Å². The van der Waals surface area contributed by atoms with Crippen LogP contribution in [-0.2, 0) is 4.74 Å². The summed E-state index contributed by atoms with van der Waals surface area (Å²) >= 11 is 0. The molecule has 6 nitrogen and oxygen atoms in total. The minimum absolute atomic E-state index is 0.0486. The fraction of sp³-hybridized carbons (Fsp3) is 0.909. The minimum atomic E-state index is -1.08. The Morgan fingerprint density at radius 1 is 1.35 bits per heavy atom. The number of nitrogens with two attached hydrogens (primary N) is 1. The number of hydrogen-bond donors (Lipinski definition) is 4. The number of nitrogens with one attached hydrogen (secondary N) is 2. The molecule has 1 amide bonds. The Kier molecular flexibility index (Phi) is 4.01. The van der Waals surface area contributed by atoms with Gasteiger partial charge in [0.1, 0.15) is 11.3 Å². The molecular weight excluding hydrogens is 222 g/mol. The number of carbonyl (C=O) groups excluding carboxylic acids is 1. The zero-order valence-corrected chi connectivity index (χ0v) is 10.9. The first-order chi connectivity index (χ1) is 7.64. The molecule has 100 valence electrons. The monoisotopic (exact) mass is 245 g/mol. The summed E-state index contributed by atoms with van der Waals surface area (Å²) in [4.78, 5) is 11.5. The van der Waals surface area contributed by atoms with Crippen LogP contribution in [0.1, 0.15) is 40.5 Å². The van der Waals surface area contributed by atoms with E-state index in [1.54, 1.807) is 6.92 Å². The highest BCUT2D eigenvalue weighted by Crippen LogP contribution is 2.34. The Hall–Kier alpha value is -0.850. The molecule has 0 aromatic carbocycles. The highest BCUT2D eigenvalue weighted by molar-refractivity contribution is 5.68. The quantitative estimate of drug-likeness (QED) is 0.329. The molecule has 0 radical (unpaired) electrons. The molecule has 1 aliphatic carbocycles. The lowest BCUT2D eigenvalue weighted by molar-refractivity contribution is -0.0737. The van der Waals surface area contributed by atoms with Crippen molar-refractivity contribution in [3.63, 3.8) is 0 Å². The number of hydrogen-bond acceptors (Lipinski definition) is 5. The number of hydrazine groups is 1. The summed E-state index contributed by atoms with van der Waals surface area (Å²) in [6, 6.07) is 0.0506. The van der Waals surface area contributed by atoms with Crippen molar-refractivity contribution in [3.05, 3.63) is 0 Å². The number of ether oxygens (including phenoxy) is 1. The van der Waals surface area contributed by atoms with Gasteiger partial charge in [0.15, 0.2) is 0 Å². The summed E-state index contributed by atoms with van der Waals surface area (Å²) < 4.78 is 5.14. The van der Waals surface area contributed by atoms with E-state index in [0.717, 1.165) is 0 Å². The normalized spacial score (nSPS) is 27.9. The molecule has 1 fully saturated rings. The lowest BCUT2D eigenvalue weighted by Crippen LogP contribution is -2.60. The average molecular weight is 245 g/mol. The van der Waals surface area contributed by atoms with E-state index in [0.29, 0.717) is 12.8 Å². The SMILES string of the molecule is CC(C)(C)OC(=O)N[C@H]1C[C@H](C(C)(O)NN)C1. The molecule has 0 aromatic heterocycles. The topological polar surface area (TPSA) is 96.6 Å². The third-order valence-electron chi connectivity index (χ3n) is 2.95. The lowest BCUT2D eigenvalue weighted by Gasteiger charge is -2.43. The first-order valence-corrected chi connectivity index (χ1v) is 5.83. The lowest BCUT2D eigenvalue weighted by atomic mass is 9.74. The third kappa shape index (κ3) is 4.14. The van der Waals surface area contributed by atoms with Crippen LogP contribution < -0.4 is 16.6 Å². The molecular formula is C11H23N3O3. The average Bonchev–Trinajstić information content (AvgIpc) is 2.07. The predicted molar refractivity (Wildman–Crippen MR) is 63.8 cm³/mol. The van der Waals surface area contributed by atoms with Gasteiger partial charge in [-0.25, -0.2) is 10.2 Å². The van der Waals surface area contributed by atoms with Gasteiger partial charge in [0.05, 0.1) is 0 Å². The van der Waals surface area contributed by atoms with Gasteiger partial charge in [0, 0.05) is 12.0 Å². The second kappa shape index (κ2) is 4.80. The first kappa shape index (κ1) is 14.2. The molecule has 0 bridgehead atoms. The van der Waals surface area contributed by atoms with Crippen molar-refractivity contribution in [1.82, 2.24) is 10.7 Å². The van der Waals surface area contributed by atoms with Crippen LogP contribution in [0.4, 0.5) is 4.79 Å². The van der Waals surface area contributed by atoms with Gasteiger partial charge < -0.3 is 15.2 Å². The standard InChI is InChI=1S/C11H23N3O3/c1-10(2,3)17-9(15)13-8-5-7(6-8)11(4,16)14-12/h7-8,14,16H,5-6,12H2,1-4H3,(H,13,15)/t7-,8-,11?. The highest BCUT2D eigenvalue weighted by Gasteiger charge is 2.42. The predicted octanol–water partition coefficient (Wildman–Crippen LogP) is 0.462. The Morgan fingerprint density at radius 2 is 1.88 bits per heavy atom. The zero-order valence-electron chi connectivity index (χ0n) is 10.9. The molecule has 6 heteroatoms. The van der Waals surface area contributed by atoms with Crippen LogP contribution in [0, 0.1) is 5.92 Å². The molecule has 1 atom stereocenters. The summed E-state index contributed by atoms with van der Waals surface area (Å²) in [5.41, 5.74) is 0.801. The van der Waals surface area contributed by atoms with Crippen LogP contribution >= 0.6 is 0 Å². The fourth-order valence-electron chi connectivity index (χ4n) is 1.79. The molecule has 5 N–H and O–H groups in total. The van der Waals surface area contributed by atoms with Crippen LogP contribution in [0.3, 0.4) is 0 Å². The van der Waals surface area contributed by atoms with Crippen molar-refractivity contribution in [2.45, 2.75) is 57.9 Å². The Morgan fingerprint density at radius 3 is 2.29 bits per heavy atom. The van der Waals surface area contributed by atoms with Crippen LogP contribution in [-0.4, -0.2) is 28.6 Å². The van der Waals surface area contributed by atoms with Gasteiger partial charge in [0.25, 0.3) is 0 Å². The van der Waals surface area contributed by atoms with E-state index in [9.17, 15) is 9.90 Å². The summed E-state index contributed by atoms with van der Waals surface area (Å²) in [7, 11) is 0. The number of rotatable bonds is 3. The van der Waals surface area contributed by atoms with Crippen molar-refractivity contribution >= 4 is 6.09 Å². The molecule has 0 heterocycles. The molecule has 0 aliphatic heterocycles. The second-order valence-corrected chi connectivity index (χ2v) is 5.80. The van der Waals surface area contributed by atoms with E-state index in [2.05, 4.69) is 10.7 Å². The third-order valence-corrected chi connectivity index (χ3v) is 2.95. The van der Waals surface area contributed by atoms with Gasteiger partial charge in [-0.15, -0.1) is 0 Å². The van der Waals surface area contributed by atoms with E-state index in [1.807, 2.05) is 20.8 Å². The molecule has 1 saturated carbocycles. The largest absolute Gasteiger partial charge is 0.444 e. The van der Waals surface area contributed by atoms with Gasteiger partial charge >= 0.3 is 6.09 Å². The molecule has 1 rings (SSSR count). The van der Waals surface area contributed by atoms with Crippen molar-refractivity contribution in [1.29, 1.82) is 0 Å². The Labute approximate surface area is 102 Å². The molecule has 17 heavy (non-hydrogen) atoms. The van der Waals surface area contributed by atoms with E-state index in [-0.39, 0.29) is 12.0 Å². The molecule has 1 unspecified atom stereocenters. The van der Waals surface area contributed by atoms with Gasteiger partial charge in [-0.2, -0.15) is 0 Å². The molecule has 1 aliphatic rings. The maximum Gasteiger partial charge on any atom is 0.407 e. The second-order valence-electron chi connectivity index (χ2n) is 5.80. The van der Waals surface area contributed by atoms with Crippen LogP contribution in [0.2, 0.25) is 0 Å². The van der Waals surface area contributed by atoms with Gasteiger partial charge in [0.2, 0.25) is 0 Å². The van der Waals surface area contributed by atoms with E-state index >= 15 is 0 Å². The van der Waals surface area contributed by atoms with Crippen molar-refractivity contribution in [2.75, 3.05) is 0 Å². The molecule has 0 aromatic rings. The number of carbonyl (C=O) groups is 1. The minimum Gasteiger partial charge on any atom is -0.444 e. The first-order valence-electron chi connectivity index (χ1n) is 5.83. The van der Waals surface area contributed by atoms with Gasteiger partial charge in [-0.05, 0) is 40.5 Å².